The van der Waals surface area contributed by atoms with Crippen molar-refractivity contribution in [2.75, 3.05) is 0 Å². The molecule has 6 heteroatoms. The predicted molar refractivity (Wildman–Crippen MR) is 69.0 cm³/mol. The first kappa shape index (κ1) is 12.5. The highest BCUT2D eigenvalue weighted by Gasteiger charge is 2.19. The smallest absolute Gasteiger partial charge is 0.154 e. The van der Waals surface area contributed by atoms with Gasteiger partial charge in [0.05, 0.1) is 0 Å². The Bertz CT molecular complexity index is 516. The SMILES string of the molecule is Cc1cc(Cl)cc(C(O)c2c(Br)nnn2C)c1. The van der Waals surface area contributed by atoms with E-state index in [9.17, 15) is 5.11 Å². The van der Waals surface area contributed by atoms with Crippen LogP contribution in [-0.4, -0.2) is 20.1 Å². The summed E-state index contributed by atoms with van der Waals surface area (Å²) in [5, 5.41) is 18.6. The lowest BCUT2D eigenvalue weighted by molar-refractivity contribution is 0.209. The van der Waals surface area contributed by atoms with Crippen LogP contribution >= 0.6 is 27.5 Å². The molecule has 0 radical (unpaired) electrons. The number of halogens is 2. The Morgan fingerprint density at radius 2 is 2.12 bits per heavy atom. The summed E-state index contributed by atoms with van der Waals surface area (Å²) in [6.07, 6.45) is -0.804. The van der Waals surface area contributed by atoms with Gasteiger partial charge in [0.1, 0.15) is 11.8 Å². The molecule has 1 aromatic carbocycles. The quantitative estimate of drug-likeness (QED) is 0.926. The minimum Gasteiger partial charge on any atom is -0.382 e. The fourth-order valence-corrected chi connectivity index (χ4v) is 2.55. The van der Waals surface area contributed by atoms with E-state index < -0.39 is 6.10 Å². The van der Waals surface area contributed by atoms with Gasteiger partial charge in [0.15, 0.2) is 4.60 Å². The fraction of sp³-hybridized carbons (Fsp3) is 0.273. The highest BCUT2D eigenvalue weighted by molar-refractivity contribution is 9.10. The maximum absolute atomic E-state index is 10.3. The summed E-state index contributed by atoms with van der Waals surface area (Å²) in [4.78, 5) is 0. The summed E-state index contributed by atoms with van der Waals surface area (Å²) < 4.78 is 2.07. The zero-order valence-corrected chi connectivity index (χ0v) is 11.7. The molecule has 0 fully saturated rings. The third-order valence-corrected chi connectivity index (χ3v) is 3.25. The monoisotopic (exact) mass is 315 g/mol. The Labute approximate surface area is 112 Å². The molecule has 2 aromatic rings. The zero-order chi connectivity index (χ0) is 12.6. The summed E-state index contributed by atoms with van der Waals surface area (Å²) in [6.45, 7) is 1.93. The van der Waals surface area contributed by atoms with Crippen molar-refractivity contribution in [3.63, 3.8) is 0 Å². The van der Waals surface area contributed by atoms with Gasteiger partial charge in [0, 0.05) is 12.1 Å². The van der Waals surface area contributed by atoms with Crippen molar-refractivity contribution in [1.82, 2.24) is 15.0 Å². The number of rotatable bonds is 2. The molecule has 0 aliphatic heterocycles. The molecule has 90 valence electrons. The molecule has 1 heterocycles. The van der Waals surface area contributed by atoms with E-state index in [-0.39, 0.29) is 0 Å². The van der Waals surface area contributed by atoms with Crippen molar-refractivity contribution in [3.8, 4) is 0 Å². The van der Waals surface area contributed by atoms with Gasteiger partial charge in [-0.05, 0) is 46.1 Å². The van der Waals surface area contributed by atoms with E-state index in [0.717, 1.165) is 11.1 Å². The average molecular weight is 317 g/mol. The number of nitrogens with zero attached hydrogens (tertiary/aromatic N) is 3. The van der Waals surface area contributed by atoms with Gasteiger partial charge in [-0.15, -0.1) is 5.10 Å². The van der Waals surface area contributed by atoms with Crippen LogP contribution < -0.4 is 0 Å². The van der Waals surface area contributed by atoms with Gasteiger partial charge in [-0.2, -0.15) is 0 Å². The van der Waals surface area contributed by atoms with E-state index in [4.69, 9.17) is 11.6 Å². The Kier molecular flexibility index (Phi) is 3.51. The summed E-state index contributed by atoms with van der Waals surface area (Å²) in [5.41, 5.74) is 2.32. The molecule has 17 heavy (non-hydrogen) atoms. The second-order valence-electron chi connectivity index (χ2n) is 3.85. The van der Waals surface area contributed by atoms with Gasteiger partial charge in [-0.25, -0.2) is 4.68 Å². The zero-order valence-electron chi connectivity index (χ0n) is 9.35. The van der Waals surface area contributed by atoms with Crippen LogP contribution in [0.25, 0.3) is 0 Å². The highest BCUT2D eigenvalue weighted by Crippen LogP contribution is 2.28. The second-order valence-corrected chi connectivity index (χ2v) is 5.04. The number of aliphatic hydroxyl groups is 1. The van der Waals surface area contributed by atoms with Crippen molar-refractivity contribution in [3.05, 3.63) is 44.6 Å². The minimum absolute atomic E-state index is 0.533. The van der Waals surface area contributed by atoms with E-state index in [0.29, 0.717) is 15.3 Å². The molecule has 0 spiro atoms. The lowest BCUT2D eigenvalue weighted by Crippen LogP contribution is -2.07. The lowest BCUT2D eigenvalue weighted by Gasteiger charge is -2.12. The van der Waals surface area contributed by atoms with Gasteiger partial charge in [0.25, 0.3) is 0 Å². The molecule has 0 bridgehead atoms. The van der Waals surface area contributed by atoms with Gasteiger partial charge in [0.2, 0.25) is 0 Å². The summed E-state index contributed by atoms with van der Waals surface area (Å²) in [6, 6.07) is 5.46. The lowest BCUT2D eigenvalue weighted by atomic mass is 10.0. The Hall–Kier alpha value is -0.910. The van der Waals surface area contributed by atoms with Gasteiger partial charge >= 0.3 is 0 Å². The van der Waals surface area contributed by atoms with E-state index in [1.807, 2.05) is 19.1 Å². The average Bonchev–Trinajstić information content (AvgIpc) is 2.56. The Balaban J connectivity index is 2.47. The van der Waals surface area contributed by atoms with E-state index in [1.165, 1.54) is 4.68 Å². The molecule has 0 amide bonds. The second kappa shape index (κ2) is 4.76. The molecule has 0 saturated heterocycles. The summed E-state index contributed by atoms with van der Waals surface area (Å²) in [5.74, 6) is 0. The topological polar surface area (TPSA) is 50.9 Å². The third kappa shape index (κ3) is 2.51. The number of hydrogen-bond donors (Lipinski definition) is 1. The van der Waals surface area contributed by atoms with Crippen LogP contribution in [0.2, 0.25) is 5.02 Å². The summed E-state index contributed by atoms with van der Waals surface area (Å²) in [7, 11) is 1.73. The number of aromatic nitrogens is 3. The van der Waals surface area contributed by atoms with Crippen LogP contribution in [0.4, 0.5) is 0 Å². The van der Waals surface area contributed by atoms with Crippen molar-refractivity contribution in [2.45, 2.75) is 13.0 Å². The van der Waals surface area contributed by atoms with Crippen LogP contribution in [0.3, 0.4) is 0 Å². The Morgan fingerprint density at radius 1 is 1.41 bits per heavy atom. The normalized spacial score (nSPS) is 12.8. The van der Waals surface area contributed by atoms with E-state index in [1.54, 1.807) is 13.1 Å². The third-order valence-electron chi connectivity index (χ3n) is 2.47. The maximum atomic E-state index is 10.3. The molecule has 0 aliphatic rings. The van der Waals surface area contributed by atoms with Crippen LogP contribution in [-0.2, 0) is 7.05 Å². The molecule has 0 saturated carbocycles. The number of aryl methyl sites for hydroxylation is 2. The fourth-order valence-electron chi connectivity index (χ4n) is 1.71. The number of hydrogen-bond acceptors (Lipinski definition) is 3. The van der Waals surface area contributed by atoms with E-state index in [2.05, 4.69) is 26.2 Å². The van der Waals surface area contributed by atoms with Crippen molar-refractivity contribution < 1.29 is 5.11 Å². The van der Waals surface area contributed by atoms with Gasteiger partial charge in [-0.3, -0.25) is 0 Å². The molecule has 1 N–H and O–H groups in total. The predicted octanol–water partition coefficient (Wildman–Crippen LogP) is 2.62. The first-order valence-corrected chi connectivity index (χ1v) is 6.16. The highest BCUT2D eigenvalue weighted by atomic mass is 79.9. The molecule has 0 aliphatic carbocycles. The number of aliphatic hydroxyl groups excluding tert-OH is 1. The maximum Gasteiger partial charge on any atom is 0.154 e. The van der Waals surface area contributed by atoms with Gasteiger partial charge in [-0.1, -0.05) is 22.9 Å². The van der Waals surface area contributed by atoms with Crippen LogP contribution in [0, 0.1) is 6.92 Å². The molecule has 1 aromatic heterocycles. The number of benzene rings is 1. The standard InChI is InChI=1S/C11H11BrClN3O/c1-6-3-7(5-8(13)4-6)10(17)9-11(12)14-15-16(9)2/h3-5,10,17H,1-2H3. The molecule has 4 nitrogen and oxygen atoms in total. The van der Waals surface area contributed by atoms with Crippen molar-refractivity contribution >= 4 is 27.5 Å². The van der Waals surface area contributed by atoms with Crippen LogP contribution in [0.1, 0.15) is 22.9 Å². The minimum atomic E-state index is -0.804. The molecule has 1 unspecified atom stereocenters. The largest absolute Gasteiger partial charge is 0.382 e. The van der Waals surface area contributed by atoms with E-state index >= 15 is 0 Å². The molecule has 2 rings (SSSR count). The van der Waals surface area contributed by atoms with Crippen LogP contribution in [0.5, 0.6) is 0 Å². The molecule has 1 atom stereocenters. The molecular weight excluding hydrogens is 305 g/mol. The van der Waals surface area contributed by atoms with Crippen molar-refractivity contribution in [2.24, 2.45) is 7.05 Å². The first-order valence-electron chi connectivity index (χ1n) is 4.99. The first-order chi connectivity index (χ1) is 7.99. The van der Waals surface area contributed by atoms with Gasteiger partial charge < -0.3 is 5.11 Å². The van der Waals surface area contributed by atoms with Crippen LogP contribution in [0.15, 0.2) is 22.8 Å². The summed E-state index contributed by atoms with van der Waals surface area (Å²) >= 11 is 9.24. The van der Waals surface area contributed by atoms with Crippen molar-refractivity contribution in [1.29, 1.82) is 0 Å². The Morgan fingerprint density at radius 3 is 2.65 bits per heavy atom. The molecular formula is C11H11BrClN3O.